The lowest BCUT2D eigenvalue weighted by Crippen LogP contribution is -2.59. The van der Waals surface area contributed by atoms with Crippen LogP contribution in [0.5, 0.6) is 0 Å². The van der Waals surface area contributed by atoms with Crippen molar-refractivity contribution in [2.24, 2.45) is 5.41 Å². The molecular formula is C16H23N3O2. The highest BCUT2D eigenvalue weighted by atomic mass is 16.5. The fourth-order valence-electron chi connectivity index (χ4n) is 3.30. The lowest BCUT2D eigenvalue weighted by atomic mass is 9.61. The van der Waals surface area contributed by atoms with Gasteiger partial charge < -0.3 is 20.0 Å². The molecule has 0 amide bonds. The number of aromatic amines is 2. The van der Waals surface area contributed by atoms with E-state index in [1.54, 1.807) is 0 Å². The van der Waals surface area contributed by atoms with Gasteiger partial charge >= 0.3 is 5.69 Å². The van der Waals surface area contributed by atoms with Gasteiger partial charge in [-0.3, -0.25) is 0 Å². The molecule has 0 bridgehead atoms. The van der Waals surface area contributed by atoms with Crippen molar-refractivity contribution in [1.82, 2.24) is 9.97 Å². The van der Waals surface area contributed by atoms with E-state index in [0.29, 0.717) is 12.1 Å². The van der Waals surface area contributed by atoms with E-state index >= 15 is 0 Å². The summed E-state index contributed by atoms with van der Waals surface area (Å²) in [6, 6.07) is 6.33. The normalized spacial score (nSPS) is 28.5. The molecule has 1 saturated carbocycles. The molecule has 1 aromatic carbocycles. The van der Waals surface area contributed by atoms with Crippen LogP contribution in [0.4, 0.5) is 5.69 Å². The Kier molecular flexibility index (Phi) is 3.53. The van der Waals surface area contributed by atoms with Crippen molar-refractivity contribution in [3.05, 3.63) is 28.7 Å². The third kappa shape index (κ3) is 2.35. The summed E-state index contributed by atoms with van der Waals surface area (Å²) in [6.07, 6.45) is 2.44. The Labute approximate surface area is 124 Å². The van der Waals surface area contributed by atoms with E-state index in [4.69, 9.17) is 4.74 Å². The predicted octanol–water partition coefficient (Wildman–Crippen LogP) is 2.86. The zero-order valence-electron chi connectivity index (χ0n) is 12.8. The van der Waals surface area contributed by atoms with Crippen LogP contribution in [-0.4, -0.2) is 28.7 Å². The number of ether oxygens (including phenoxy) is 1. The number of benzene rings is 1. The number of imidazole rings is 1. The third-order valence-electron chi connectivity index (χ3n) is 4.97. The van der Waals surface area contributed by atoms with Gasteiger partial charge in [0.15, 0.2) is 0 Å². The van der Waals surface area contributed by atoms with Crippen molar-refractivity contribution in [2.45, 2.75) is 45.8 Å². The van der Waals surface area contributed by atoms with Gasteiger partial charge in [-0.15, -0.1) is 0 Å². The van der Waals surface area contributed by atoms with Crippen LogP contribution in [0.1, 0.15) is 33.6 Å². The lowest BCUT2D eigenvalue weighted by Gasteiger charge is -2.54. The molecule has 1 heterocycles. The summed E-state index contributed by atoms with van der Waals surface area (Å²) in [7, 11) is 0. The summed E-state index contributed by atoms with van der Waals surface area (Å²) in [4.78, 5) is 16.9. The van der Waals surface area contributed by atoms with Crippen LogP contribution in [0.3, 0.4) is 0 Å². The number of anilines is 1. The Hall–Kier alpha value is -1.75. The summed E-state index contributed by atoms with van der Waals surface area (Å²) in [5.74, 6) is 0. The highest BCUT2D eigenvalue weighted by Crippen LogP contribution is 2.47. The molecule has 2 aromatic rings. The second-order valence-corrected chi connectivity index (χ2v) is 6.08. The second kappa shape index (κ2) is 5.22. The summed E-state index contributed by atoms with van der Waals surface area (Å²) >= 11 is 0. The van der Waals surface area contributed by atoms with Gasteiger partial charge in [-0.2, -0.15) is 0 Å². The predicted molar refractivity (Wildman–Crippen MR) is 84.8 cm³/mol. The van der Waals surface area contributed by atoms with Gasteiger partial charge in [-0.05, 0) is 38.0 Å². The van der Waals surface area contributed by atoms with E-state index in [-0.39, 0.29) is 11.1 Å². The van der Waals surface area contributed by atoms with E-state index < -0.39 is 0 Å². The van der Waals surface area contributed by atoms with Crippen molar-refractivity contribution in [3.63, 3.8) is 0 Å². The minimum atomic E-state index is -0.166. The molecule has 0 aliphatic heterocycles. The fraction of sp³-hybridized carbons (Fsp3) is 0.562. The van der Waals surface area contributed by atoms with Crippen molar-refractivity contribution in [2.75, 3.05) is 11.9 Å². The minimum Gasteiger partial charge on any atom is -0.381 e. The summed E-state index contributed by atoms with van der Waals surface area (Å²) in [5, 5.41) is 3.59. The van der Waals surface area contributed by atoms with Crippen molar-refractivity contribution in [3.8, 4) is 0 Å². The number of H-pyrrole nitrogens is 2. The molecule has 3 rings (SSSR count). The van der Waals surface area contributed by atoms with Gasteiger partial charge in [-0.1, -0.05) is 13.8 Å². The number of nitrogens with one attached hydrogen (secondary N) is 3. The molecule has 5 nitrogen and oxygen atoms in total. The smallest absolute Gasteiger partial charge is 0.323 e. The van der Waals surface area contributed by atoms with E-state index in [1.165, 1.54) is 0 Å². The van der Waals surface area contributed by atoms with Gasteiger partial charge in [0.25, 0.3) is 0 Å². The topological polar surface area (TPSA) is 69.9 Å². The van der Waals surface area contributed by atoms with Gasteiger partial charge in [0.05, 0.1) is 17.1 Å². The van der Waals surface area contributed by atoms with Crippen LogP contribution >= 0.6 is 0 Å². The zero-order valence-corrected chi connectivity index (χ0v) is 12.8. The largest absolute Gasteiger partial charge is 0.381 e. The highest BCUT2D eigenvalue weighted by Gasteiger charge is 2.51. The van der Waals surface area contributed by atoms with E-state index in [1.807, 2.05) is 25.1 Å². The Balaban J connectivity index is 1.77. The molecule has 1 aliphatic carbocycles. The molecule has 5 heteroatoms. The molecule has 3 unspecified atom stereocenters. The molecule has 114 valence electrons. The highest BCUT2D eigenvalue weighted by molar-refractivity contribution is 5.78. The summed E-state index contributed by atoms with van der Waals surface area (Å²) < 4.78 is 5.83. The maximum absolute atomic E-state index is 11.3. The van der Waals surface area contributed by atoms with E-state index in [0.717, 1.165) is 36.2 Å². The summed E-state index contributed by atoms with van der Waals surface area (Å²) in [5.41, 5.74) is 2.71. The average molecular weight is 289 g/mol. The molecule has 3 N–H and O–H groups in total. The van der Waals surface area contributed by atoms with Gasteiger partial charge in [0.1, 0.15) is 0 Å². The van der Waals surface area contributed by atoms with Crippen LogP contribution in [0.25, 0.3) is 11.0 Å². The Morgan fingerprint density at radius 3 is 2.81 bits per heavy atom. The molecule has 3 atom stereocenters. The summed E-state index contributed by atoms with van der Waals surface area (Å²) in [6.45, 7) is 7.31. The zero-order chi connectivity index (χ0) is 15.0. The minimum absolute atomic E-state index is 0.163. The molecule has 0 radical (unpaired) electrons. The number of aromatic nitrogens is 2. The third-order valence-corrected chi connectivity index (χ3v) is 4.97. The average Bonchev–Trinajstić information content (AvgIpc) is 2.84. The van der Waals surface area contributed by atoms with Crippen molar-refractivity contribution < 1.29 is 4.74 Å². The Morgan fingerprint density at radius 2 is 2.10 bits per heavy atom. The number of fused-ring (bicyclic) bond motifs is 1. The molecular weight excluding hydrogens is 266 g/mol. The van der Waals surface area contributed by atoms with Crippen LogP contribution in [0.2, 0.25) is 0 Å². The first kappa shape index (κ1) is 14.2. The number of rotatable bonds is 5. The Bertz CT molecular complexity index is 690. The first-order valence-electron chi connectivity index (χ1n) is 7.67. The van der Waals surface area contributed by atoms with Crippen LogP contribution in [0, 0.1) is 5.41 Å². The lowest BCUT2D eigenvalue weighted by molar-refractivity contribution is -0.109. The number of hydrogen-bond donors (Lipinski definition) is 3. The number of hydrogen-bond acceptors (Lipinski definition) is 3. The quantitative estimate of drug-likeness (QED) is 0.792. The van der Waals surface area contributed by atoms with E-state index in [9.17, 15) is 4.79 Å². The maximum atomic E-state index is 11.3. The fourth-order valence-corrected chi connectivity index (χ4v) is 3.30. The maximum Gasteiger partial charge on any atom is 0.323 e. The first-order chi connectivity index (χ1) is 10.1. The van der Waals surface area contributed by atoms with Gasteiger partial charge in [0.2, 0.25) is 0 Å². The molecule has 0 spiro atoms. The van der Waals surface area contributed by atoms with E-state index in [2.05, 4.69) is 29.1 Å². The SMILES string of the molecule is CCOC1CC(Nc2ccc3[nH]c(=O)[nH]c3c2)C1(C)CC. The molecule has 0 saturated heterocycles. The first-order valence-corrected chi connectivity index (χ1v) is 7.67. The van der Waals surface area contributed by atoms with Crippen LogP contribution < -0.4 is 11.0 Å². The molecule has 1 aliphatic rings. The molecule has 1 fully saturated rings. The standard InChI is InChI=1S/C16H23N3O2/c1-4-16(3)13(9-14(16)21-5-2)17-10-6-7-11-12(8-10)19-15(20)18-11/h6-8,13-14,17H,4-5,9H2,1-3H3,(H2,18,19,20). The second-order valence-electron chi connectivity index (χ2n) is 6.08. The molecule has 1 aromatic heterocycles. The monoisotopic (exact) mass is 289 g/mol. The van der Waals surface area contributed by atoms with Gasteiger partial charge in [-0.25, -0.2) is 4.79 Å². The van der Waals surface area contributed by atoms with Crippen molar-refractivity contribution >= 4 is 16.7 Å². The molecule has 21 heavy (non-hydrogen) atoms. The van der Waals surface area contributed by atoms with Crippen molar-refractivity contribution in [1.29, 1.82) is 0 Å². The van der Waals surface area contributed by atoms with Gasteiger partial charge in [0, 0.05) is 23.8 Å². The Morgan fingerprint density at radius 1 is 1.33 bits per heavy atom. The van der Waals surface area contributed by atoms with Crippen LogP contribution in [0.15, 0.2) is 23.0 Å². The van der Waals surface area contributed by atoms with Crippen LogP contribution in [-0.2, 0) is 4.74 Å².